The molecule has 0 aliphatic heterocycles. The van der Waals surface area contributed by atoms with Gasteiger partial charge in [-0.1, -0.05) is 60.6 Å². The Hall–Kier alpha value is -0.960. The van der Waals surface area contributed by atoms with Crippen LogP contribution in [-0.4, -0.2) is 15.2 Å². The third-order valence-electron chi connectivity index (χ3n) is 5.20. The van der Waals surface area contributed by atoms with E-state index in [1.807, 2.05) is 6.92 Å². The largest absolute Gasteiger partial charge is 0.298 e. The van der Waals surface area contributed by atoms with Gasteiger partial charge in [-0.15, -0.1) is 0 Å². The van der Waals surface area contributed by atoms with Crippen LogP contribution in [0.2, 0.25) is 0 Å². The molecule has 134 valence electrons. The van der Waals surface area contributed by atoms with Gasteiger partial charge in [-0.05, 0) is 47.3 Å². The minimum atomic E-state index is -1.24. The lowest BCUT2D eigenvalue weighted by Crippen LogP contribution is -2.25. The Kier molecular flexibility index (Phi) is 6.06. The van der Waals surface area contributed by atoms with Crippen molar-refractivity contribution in [1.82, 2.24) is 0 Å². The summed E-state index contributed by atoms with van der Waals surface area (Å²) in [6, 6.07) is 4.44. The summed E-state index contributed by atoms with van der Waals surface area (Å²) in [5.74, 6) is 1.28. The van der Waals surface area contributed by atoms with Crippen molar-refractivity contribution in [2.24, 2.45) is 5.92 Å². The predicted octanol–water partition coefficient (Wildman–Crippen LogP) is 5.53. The number of rotatable bonds is 5. The fraction of sp³-hybridized carbons (Fsp3) is 0.667. The molecule has 0 bridgehead atoms. The Bertz CT molecular complexity index is 614. The lowest BCUT2D eigenvalue weighted by molar-refractivity contribution is -0.119. The first-order valence-corrected chi connectivity index (χ1v) is 10.5. The molecule has 0 saturated heterocycles. The van der Waals surface area contributed by atoms with Crippen molar-refractivity contribution in [2.45, 2.75) is 89.2 Å². The van der Waals surface area contributed by atoms with E-state index >= 15 is 0 Å². The second-order valence-electron chi connectivity index (χ2n) is 8.16. The molecule has 3 atom stereocenters. The number of Topliss-reactive ketones (excluding diaryl/α,β-unsaturated/α-hetero) is 1. The second kappa shape index (κ2) is 7.51. The quantitative estimate of drug-likeness (QED) is 0.701. The molecular formula is C21H32O2S. The van der Waals surface area contributed by atoms with Gasteiger partial charge in [0.15, 0.2) is 5.78 Å². The average molecular weight is 349 g/mol. The maximum Gasteiger partial charge on any atom is 0.151 e. The van der Waals surface area contributed by atoms with Crippen LogP contribution >= 0.6 is 0 Å². The Morgan fingerprint density at radius 1 is 0.917 bits per heavy atom. The van der Waals surface area contributed by atoms with E-state index in [2.05, 4.69) is 53.7 Å². The Balaban J connectivity index is 2.62. The van der Waals surface area contributed by atoms with Crippen molar-refractivity contribution in [3.8, 4) is 0 Å². The van der Waals surface area contributed by atoms with Gasteiger partial charge in [0.05, 0.1) is 16.0 Å². The van der Waals surface area contributed by atoms with E-state index in [0.717, 1.165) is 28.9 Å². The first-order valence-electron chi connectivity index (χ1n) is 9.27. The van der Waals surface area contributed by atoms with Gasteiger partial charge in [-0.2, -0.15) is 0 Å². The van der Waals surface area contributed by atoms with Gasteiger partial charge in [0.2, 0.25) is 0 Å². The molecule has 0 aromatic heterocycles. The van der Waals surface area contributed by atoms with E-state index in [9.17, 15) is 9.00 Å². The van der Waals surface area contributed by atoms with Crippen LogP contribution in [0, 0.1) is 5.92 Å². The SMILES string of the molecule is CC1CCC([S@@](=O)c2c(C(C)C)cc(C(C)C)cc2C(C)C)C1=O. The molecule has 2 rings (SSSR count). The summed E-state index contributed by atoms with van der Waals surface area (Å²) in [5.41, 5.74) is 3.63. The van der Waals surface area contributed by atoms with Crippen LogP contribution in [0.25, 0.3) is 0 Å². The van der Waals surface area contributed by atoms with E-state index in [1.165, 1.54) is 5.56 Å². The van der Waals surface area contributed by atoms with E-state index in [4.69, 9.17) is 0 Å². The monoisotopic (exact) mass is 348 g/mol. The predicted molar refractivity (Wildman–Crippen MR) is 102 cm³/mol. The van der Waals surface area contributed by atoms with Crippen LogP contribution < -0.4 is 0 Å². The Morgan fingerprint density at radius 3 is 1.75 bits per heavy atom. The zero-order chi connectivity index (χ0) is 18.2. The number of hydrogen-bond acceptors (Lipinski definition) is 2. The minimum absolute atomic E-state index is 0.0545. The highest BCUT2D eigenvalue weighted by molar-refractivity contribution is 7.86. The fourth-order valence-corrected chi connectivity index (χ4v) is 5.61. The van der Waals surface area contributed by atoms with Crippen LogP contribution in [-0.2, 0) is 15.6 Å². The Morgan fingerprint density at radius 2 is 1.42 bits per heavy atom. The third kappa shape index (κ3) is 3.66. The van der Waals surface area contributed by atoms with Gasteiger partial charge < -0.3 is 0 Å². The maximum atomic E-state index is 13.4. The molecule has 2 nitrogen and oxygen atoms in total. The van der Waals surface area contributed by atoms with Crippen molar-refractivity contribution in [2.75, 3.05) is 0 Å². The van der Waals surface area contributed by atoms with Crippen molar-refractivity contribution in [3.05, 3.63) is 28.8 Å². The summed E-state index contributed by atoms with van der Waals surface area (Å²) in [6.07, 6.45) is 1.63. The summed E-state index contributed by atoms with van der Waals surface area (Å²) >= 11 is 0. The molecule has 0 radical (unpaired) electrons. The summed E-state index contributed by atoms with van der Waals surface area (Å²) in [5, 5.41) is -0.320. The maximum absolute atomic E-state index is 13.4. The lowest BCUT2D eigenvalue weighted by Gasteiger charge is -2.24. The molecular weight excluding hydrogens is 316 g/mol. The van der Waals surface area contributed by atoms with Gasteiger partial charge in [0.25, 0.3) is 0 Å². The molecule has 1 aliphatic carbocycles. The van der Waals surface area contributed by atoms with Crippen LogP contribution in [0.4, 0.5) is 0 Å². The molecule has 1 aromatic rings. The van der Waals surface area contributed by atoms with E-state index in [-0.39, 0.29) is 17.0 Å². The van der Waals surface area contributed by atoms with Gasteiger partial charge in [0, 0.05) is 10.8 Å². The smallest absolute Gasteiger partial charge is 0.151 e. The molecule has 1 aromatic carbocycles. The standard InChI is InChI=1S/C21H32O2S/c1-12(2)16-10-17(13(3)4)21(18(11-16)14(5)6)24(23)19-9-8-15(7)20(19)22/h10-15,19H,8-9H2,1-7H3/t15?,19?,24-/m1/s1. The fourth-order valence-electron chi connectivity index (χ4n) is 3.48. The van der Waals surface area contributed by atoms with Crippen molar-refractivity contribution < 1.29 is 9.00 Å². The lowest BCUT2D eigenvalue weighted by atomic mass is 9.89. The van der Waals surface area contributed by atoms with E-state index in [1.54, 1.807) is 0 Å². The summed E-state index contributed by atoms with van der Waals surface area (Å²) in [6.45, 7) is 15.0. The van der Waals surface area contributed by atoms with E-state index < -0.39 is 10.8 Å². The molecule has 0 heterocycles. The van der Waals surface area contributed by atoms with Crippen LogP contribution in [0.1, 0.15) is 95.8 Å². The van der Waals surface area contributed by atoms with Crippen molar-refractivity contribution in [1.29, 1.82) is 0 Å². The molecule has 24 heavy (non-hydrogen) atoms. The number of hydrogen-bond donors (Lipinski definition) is 0. The minimum Gasteiger partial charge on any atom is -0.298 e. The van der Waals surface area contributed by atoms with Gasteiger partial charge in [0.1, 0.15) is 0 Å². The average Bonchev–Trinajstić information content (AvgIpc) is 2.84. The number of carbonyl (C=O) groups excluding carboxylic acids is 1. The Labute approximate surface area is 149 Å². The molecule has 2 unspecified atom stereocenters. The second-order valence-corrected chi connectivity index (χ2v) is 9.73. The zero-order valence-corrected chi connectivity index (χ0v) is 17.0. The number of carbonyl (C=O) groups is 1. The van der Waals surface area contributed by atoms with Gasteiger partial charge in [-0.25, -0.2) is 0 Å². The molecule has 0 amide bonds. The van der Waals surface area contributed by atoms with Gasteiger partial charge in [-0.3, -0.25) is 9.00 Å². The van der Waals surface area contributed by atoms with Crippen LogP contribution in [0.3, 0.4) is 0 Å². The number of ketones is 1. The summed E-state index contributed by atoms with van der Waals surface area (Å²) < 4.78 is 13.4. The normalized spacial score (nSPS) is 22.8. The molecule has 1 aliphatic rings. The molecule has 0 N–H and O–H groups in total. The third-order valence-corrected chi connectivity index (χ3v) is 7.06. The topological polar surface area (TPSA) is 34.1 Å². The molecule has 1 fully saturated rings. The number of benzene rings is 1. The van der Waals surface area contributed by atoms with E-state index in [0.29, 0.717) is 17.8 Å². The summed E-state index contributed by atoms with van der Waals surface area (Å²) in [4.78, 5) is 13.4. The van der Waals surface area contributed by atoms with Crippen molar-refractivity contribution in [3.63, 3.8) is 0 Å². The van der Waals surface area contributed by atoms with Gasteiger partial charge >= 0.3 is 0 Å². The highest BCUT2D eigenvalue weighted by Gasteiger charge is 2.37. The first-order chi connectivity index (χ1) is 11.1. The first kappa shape index (κ1) is 19.4. The molecule has 3 heteroatoms. The van der Waals surface area contributed by atoms with Crippen LogP contribution in [0.5, 0.6) is 0 Å². The molecule has 0 spiro atoms. The zero-order valence-electron chi connectivity index (χ0n) is 16.2. The highest BCUT2D eigenvalue weighted by Crippen LogP contribution is 2.38. The highest BCUT2D eigenvalue weighted by atomic mass is 32.2. The van der Waals surface area contributed by atoms with Crippen molar-refractivity contribution >= 4 is 16.6 Å². The summed E-state index contributed by atoms with van der Waals surface area (Å²) in [7, 11) is -1.24. The molecule has 1 saturated carbocycles. The van der Waals surface area contributed by atoms with Crippen LogP contribution in [0.15, 0.2) is 17.0 Å².